The van der Waals surface area contributed by atoms with E-state index in [9.17, 15) is 4.79 Å². The van der Waals surface area contributed by atoms with E-state index in [-0.39, 0.29) is 5.91 Å². The van der Waals surface area contributed by atoms with E-state index in [1.54, 1.807) is 0 Å². The summed E-state index contributed by atoms with van der Waals surface area (Å²) in [6, 6.07) is 10.3. The Morgan fingerprint density at radius 2 is 2.00 bits per heavy atom. The fourth-order valence-electron chi connectivity index (χ4n) is 3.09. The van der Waals surface area contributed by atoms with Crippen LogP contribution in [0.5, 0.6) is 0 Å². The average molecular weight is 338 g/mol. The van der Waals surface area contributed by atoms with Crippen LogP contribution in [0.1, 0.15) is 47.7 Å². The second kappa shape index (κ2) is 7.64. The quantitative estimate of drug-likeness (QED) is 0.910. The highest BCUT2D eigenvalue weighted by Gasteiger charge is 2.19. The first kappa shape index (κ1) is 17.4. The number of aromatic nitrogens is 2. The van der Waals surface area contributed by atoms with Crippen LogP contribution in [0.2, 0.25) is 0 Å². The number of nitrogens with zero attached hydrogens (tertiary/aromatic N) is 3. The summed E-state index contributed by atoms with van der Waals surface area (Å²) in [7, 11) is 0. The van der Waals surface area contributed by atoms with Gasteiger partial charge >= 0.3 is 0 Å². The Morgan fingerprint density at radius 3 is 2.76 bits per heavy atom. The summed E-state index contributed by atoms with van der Waals surface area (Å²) < 4.78 is 0. The molecular weight excluding hydrogens is 312 g/mol. The molecule has 0 fully saturated rings. The van der Waals surface area contributed by atoms with Gasteiger partial charge < -0.3 is 10.2 Å². The molecule has 0 saturated carbocycles. The van der Waals surface area contributed by atoms with Gasteiger partial charge in [0.05, 0.1) is 0 Å². The van der Waals surface area contributed by atoms with Crippen molar-refractivity contribution >= 4 is 11.7 Å². The highest BCUT2D eigenvalue weighted by Crippen LogP contribution is 2.23. The van der Waals surface area contributed by atoms with E-state index in [0.29, 0.717) is 24.0 Å². The van der Waals surface area contributed by atoms with Crippen molar-refractivity contribution in [1.29, 1.82) is 0 Å². The maximum absolute atomic E-state index is 12.4. The molecule has 0 unspecified atom stereocenters. The monoisotopic (exact) mass is 338 g/mol. The predicted molar refractivity (Wildman–Crippen MR) is 99.8 cm³/mol. The van der Waals surface area contributed by atoms with Crippen molar-refractivity contribution in [2.45, 2.75) is 40.2 Å². The predicted octanol–water partition coefficient (Wildman–Crippen LogP) is 3.12. The van der Waals surface area contributed by atoms with E-state index in [0.717, 1.165) is 31.7 Å². The van der Waals surface area contributed by atoms with Crippen molar-refractivity contribution in [3.8, 4) is 0 Å². The van der Waals surface area contributed by atoms with Gasteiger partial charge in [-0.15, -0.1) is 0 Å². The van der Waals surface area contributed by atoms with Crippen LogP contribution < -0.4 is 10.2 Å². The van der Waals surface area contributed by atoms with Crippen LogP contribution in [-0.4, -0.2) is 29.0 Å². The summed E-state index contributed by atoms with van der Waals surface area (Å²) in [6.45, 7) is 8.53. The van der Waals surface area contributed by atoms with Crippen LogP contribution in [0.15, 0.2) is 30.3 Å². The molecule has 0 aliphatic carbocycles. The average Bonchev–Trinajstić information content (AvgIpc) is 2.60. The van der Waals surface area contributed by atoms with Crippen molar-refractivity contribution in [2.24, 2.45) is 5.92 Å². The minimum atomic E-state index is -0.121. The lowest BCUT2D eigenvalue weighted by molar-refractivity contribution is 0.0946. The molecule has 0 spiro atoms. The normalized spacial score (nSPS) is 13.7. The Labute approximate surface area is 149 Å². The van der Waals surface area contributed by atoms with Gasteiger partial charge in [0.2, 0.25) is 0 Å². The molecule has 1 N–H and O–H groups in total. The molecule has 25 heavy (non-hydrogen) atoms. The fourth-order valence-corrected chi connectivity index (χ4v) is 3.09. The second-order valence-corrected chi connectivity index (χ2v) is 7.04. The Balaban J connectivity index is 1.75. The minimum Gasteiger partial charge on any atom is -0.352 e. The fraction of sp³-hybridized carbons (Fsp3) is 0.450. The third-order valence-corrected chi connectivity index (χ3v) is 4.52. The number of fused-ring (bicyclic) bond motifs is 1. The van der Waals surface area contributed by atoms with Gasteiger partial charge in [0.15, 0.2) is 0 Å². The van der Waals surface area contributed by atoms with E-state index in [1.165, 1.54) is 11.1 Å². The summed E-state index contributed by atoms with van der Waals surface area (Å²) in [5, 5.41) is 2.96. The molecule has 1 aromatic heterocycles. The first-order valence-corrected chi connectivity index (χ1v) is 8.98. The molecule has 1 amide bonds. The number of hydrogen-bond acceptors (Lipinski definition) is 4. The molecule has 5 heteroatoms. The Kier molecular flexibility index (Phi) is 5.31. The lowest BCUT2D eigenvalue weighted by atomic mass is 10.00. The molecular formula is C20H26N4O. The molecule has 2 heterocycles. The smallest absolute Gasteiger partial charge is 0.270 e. The zero-order chi connectivity index (χ0) is 17.8. The molecule has 2 aromatic rings. The molecule has 0 bridgehead atoms. The Morgan fingerprint density at radius 1 is 1.24 bits per heavy atom. The number of amides is 1. The third-order valence-electron chi connectivity index (χ3n) is 4.52. The molecule has 3 rings (SSSR count). The zero-order valence-electron chi connectivity index (χ0n) is 15.2. The molecule has 0 saturated heterocycles. The van der Waals surface area contributed by atoms with Crippen molar-refractivity contribution in [1.82, 2.24) is 15.3 Å². The van der Waals surface area contributed by atoms with Crippen molar-refractivity contribution in [3.63, 3.8) is 0 Å². The molecule has 1 aliphatic heterocycles. The first-order chi connectivity index (χ1) is 12.0. The van der Waals surface area contributed by atoms with Gasteiger partial charge in [-0.3, -0.25) is 4.79 Å². The number of rotatable bonds is 5. The number of carbonyl (C=O) groups excluding carboxylic acids is 1. The van der Waals surface area contributed by atoms with Gasteiger partial charge in [-0.25, -0.2) is 9.97 Å². The van der Waals surface area contributed by atoms with Crippen LogP contribution in [0.3, 0.4) is 0 Å². The first-order valence-electron chi connectivity index (χ1n) is 8.98. The number of anilines is 1. The SMILES string of the molecule is Cc1nc(C(=O)NCCC(C)C)cc(N2CCc3ccccc3C2)n1. The summed E-state index contributed by atoms with van der Waals surface area (Å²) in [5.74, 6) is 1.91. The molecule has 5 nitrogen and oxygen atoms in total. The van der Waals surface area contributed by atoms with Crippen molar-refractivity contribution in [3.05, 3.63) is 53.0 Å². The number of hydrogen-bond donors (Lipinski definition) is 1. The standard InChI is InChI=1S/C20H26N4O/c1-14(2)8-10-21-20(25)18-12-19(23-15(3)22-18)24-11-9-16-6-4-5-7-17(16)13-24/h4-7,12,14H,8-11,13H2,1-3H3,(H,21,25). The summed E-state index contributed by atoms with van der Waals surface area (Å²) in [6.07, 6.45) is 1.96. The van der Waals surface area contributed by atoms with Crippen molar-refractivity contribution in [2.75, 3.05) is 18.0 Å². The lowest BCUT2D eigenvalue weighted by Crippen LogP contribution is -2.32. The van der Waals surface area contributed by atoms with Crippen LogP contribution >= 0.6 is 0 Å². The van der Waals surface area contributed by atoms with E-state index in [2.05, 4.69) is 58.3 Å². The zero-order valence-corrected chi connectivity index (χ0v) is 15.2. The topological polar surface area (TPSA) is 58.1 Å². The third kappa shape index (κ3) is 4.35. The van der Waals surface area contributed by atoms with E-state index < -0.39 is 0 Å². The number of carbonyl (C=O) groups is 1. The van der Waals surface area contributed by atoms with Crippen molar-refractivity contribution < 1.29 is 4.79 Å². The number of benzene rings is 1. The largest absolute Gasteiger partial charge is 0.352 e. The number of nitrogens with one attached hydrogen (secondary N) is 1. The summed E-state index contributed by atoms with van der Waals surface area (Å²) in [5.41, 5.74) is 3.18. The van der Waals surface area contributed by atoms with E-state index in [1.807, 2.05) is 13.0 Å². The Hall–Kier alpha value is -2.43. The van der Waals surface area contributed by atoms with Crippen LogP contribution in [0.4, 0.5) is 5.82 Å². The van der Waals surface area contributed by atoms with Gasteiger partial charge in [0.1, 0.15) is 17.3 Å². The van der Waals surface area contributed by atoms with Crippen LogP contribution in [-0.2, 0) is 13.0 Å². The molecule has 132 valence electrons. The van der Waals surface area contributed by atoms with Gasteiger partial charge in [-0.05, 0) is 36.8 Å². The molecule has 0 atom stereocenters. The van der Waals surface area contributed by atoms with Gasteiger partial charge in [-0.2, -0.15) is 0 Å². The maximum Gasteiger partial charge on any atom is 0.270 e. The molecule has 0 radical (unpaired) electrons. The minimum absolute atomic E-state index is 0.121. The van der Waals surface area contributed by atoms with Crippen LogP contribution in [0, 0.1) is 12.8 Å². The van der Waals surface area contributed by atoms with Crippen LogP contribution in [0.25, 0.3) is 0 Å². The highest BCUT2D eigenvalue weighted by molar-refractivity contribution is 5.92. The summed E-state index contributed by atoms with van der Waals surface area (Å²) >= 11 is 0. The number of aryl methyl sites for hydroxylation is 1. The second-order valence-electron chi connectivity index (χ2n) is 7.04. The van der Waals surface area contributed by atoms with E-state index >= 15 is 0 Å². The van der Waals surface area contributed by atoms with Gasteiger partial charge in [0, 0.05) is 25.7 Å². The maximum atomic E-state index is 12.4. The summed E-state index contributed by atoms with van der Waals surface area (Å²) in [4.78, 5) is 23.5. The Bertz CT molecular complexity index is 757. The molecule has 1 aromatic carbocycles. The van der Waals surface area contributed by atoms with E-state index in [4.69, 9.17) is 0 Å². The highest BCUT2D eigenvalue weighted by atomic mass is 16.1. The lowest BCUT2D eigenvalue weighted by Gasteiger charge is -2.30. The van der Waals surface area contributed by atoms with Gasteiger partial charge in [0.25, 0.3) is 5.91 Å². The van der Waals surface area contributed by atoms with Gasteiger partial charge in [-0.1, -0.05) is 38.1 Å². The molecule has 1 aliphatic rings.